The fourth-order valence-electron chi connectivity index (χ4n) is 1.65. The second-order valence-corrected chi connectivity index (χ2v) is 4.46. The molecule has 0 saturated carbocycles. The summed E-state index contributed by atoms with van der Waals surface area (Å²) in [6.07, 6.45) is 1.01. The van der Waals surface area contributed by atoms with Crippen molar-refractivity contribution in [2.24, 2.45) is 5.10 Å². The molecule has 0 spiro atoms. The molecule has 0 heterocycles. The molecule has 0 aliphatic heterocycles. The average molecular weight is 320 g/mol. The van der Waals surface area contributed by atoms with E-state index in [9.17, 15) is 30.3 Å². The van der Waals surface area contributed by atoms with Crippen molar-refractivity contribution in [3.63, 3.8) is 0 Å². The number of hydrogen-bond acceptors (Lipinski definition) is 8. The second kappa shape index (κ2) is 6.02. The maximum Gasteiger partial charge on any atom is 0.271 e. The first-order valence-electron chi connectivity index (χ1n) is 6.13. The van der Waals surface area contributed by atoms with Gasteiger partial charge in [0.1, 0.15) is 5.75 Å². The number of nitrogens with zero attached hydrogens (tertiary/aromatic N) is 1. The maximum atomic E-state index is 11.8. The quantitative estimate of drug-likeness (QED) is 0.189. The van der Waals surface area contributed by atoms with E-state index in [1.165, 1.54) is 0 Å². The SMILES string of the molecule is O=C(N/N=C/c1cc(O)c(O)cc1O)c1cc(O)c(O)c(O)c1. The molecular weight excluding hydrogens is 308 g/mol. The molecule has 2 aromatic carbocycles. The highest BCUT2D eigenvalue weighted by Crippen LogP contribution is 2.35. The van der Waals surface area contributed by atoms with E-state index < -0.39 is 34.7 Å². The minimum atomic E-state index is -0.811. The Morgan fingerprint density at radius 2 is 1.39 bits per heavy atom. The average Bonchev–Trinajstić information content (AvgIpc) is 2.49. The molecule has 1 amide bonds. The molecule has 7 N–H and O–H groups in total. The van der Waals surface area contributed by atoms with Crippen LogP contribution in [0.2, 0.25) is 0 Å². The molecular formula is C14H12N2O7. The van der Waals surface area contributed by atoms with Crippen molar-refractivity contribution in [2.75, 3.05) is 0 Å². The summed E-state index contributed by atoms with van der Waals surface area (Å²) >= 11 is 0. The van der Waals surface area contributed by atoms with Gasteiger partial charge in [-0.2, -0.15) is 5.10 Å². The van der Waals surface area contributed by atoms with Crippen LogP contribution in [-0.4, -0.2) is 42.8 Å². The Balaban J connectivity index is 2.15. The smallest absolute Gasteiger partial charge is 0.271 e. The first kappa shape index (κ1) is 15.8. The monoisotopic (exact) mass is 320 g/mol. The Morgan fingerprint density at radius 3 is 2.00 bits per heavy atom. The van der Waals surface area contributed by atoms with E-state index in [-0.39, 0.29) is 16.9 Å². The molecule has 2 rings (SSSR count). The summed E-state index contributed by atoms with van der Waals surface area (Å²) in [7, 11) is 0. The van der Waals surface area contributed by atoms with Crippen LogP contribution in [0.1, 0.15) is 15.9 Å². The Morgan fingerprint density at radius 1 is 0.826 bits per heavy atom. The minimum Gasteiger partial charge on any atom is -0.507 e. The fraction of sp³-hybridized carbons (Fsp3) is 0. The lowest BCUT2D eigenvalue weighted by molar-refractivity contribution is 0.0954. The van der Waals surface area contributed by atoms with Crippen LogP contribution in [0.3, 0.4) is 0 Å². The van der Waals surface area contributed by atoms with Crippen LogP contribution in [-0.2, 0) is 0 Å². The first-order chi connectivity index (χ1) is 10.8. The summed E-state index contributed by atoms with van der Waals surface area (Å²) in [6, 6.07) is 3.76. The molecule has 0 fully saturated rings. The summed E-state index contributed by atoms with van der Waals surface area (Å²) in [4.78, 5) is 11.8. The Hall–Kier alpha value is -3.62. The van der Waals surface area contributed by atoms with Gasteiger partial charge in [0.25, 0.3) is 5.91 Å². The Kier molecular flexibility index (Phi) is 4.12. The molecule has 0 aromatic heterocycles. The predicted octanol–water partition coefficient (Wildman–Crippen LogP) is 0.684. The lowest BCUT2D eigenvalue weighted by Crippen LogP contribution is -2.17. The summed E-state index contributed by atoms with van der Waals surface area (Å²) in [6.45, 7) is 0. The van der Waals surface area contributed by atoms with E-state index in [0.717, 1.165) is 30.5 Å². The third-order valence-electron chi connectivity index (χ3n) is 2.83. The highest BCUT2D eigenvalue weighted by molar-refractivity contribution is 5.96. The molecule has 0 unspecified atom stereocenters. The van der Waals surface area contributed by atoms with Gasteiger partial charge in [-0.3, -0.25) is 4.79 Å². The van der Waals surface area contributed by atoms with Gasteiger partial charge < -0.3 is 30.6 Å². The van der Waals surface area contributed by atoms with E-state index >= 15 is 0 Å². The van der Waals surface area contributed by atoms with Crippen LogP contribution in [0.5, 0.6) is 34.5 Å². The lowest BCUT2D eigenvalue weighted by Gasteiger charge is -2.05. The predicted molar refractivity (Wildman–Crippen MR) is 77.9 cm³/mol. The fourth-order valence-corrected chi connectivity index (χ4v) is 1.65. The molecule has 120 valence electrons. The number of amides is 1. The van der Waals surface area contributed by atoms with Crippen molar-refractivity contribution in [3.05, 3.63) is 35.4 Å². The van der Waals surface area contributed by atoms with Gasteiger partial charge in [0, 0.05) is 17.2 Å². The number of hydrogen-bond donors (Lipinski definition) is 7. The van der Waals surface area contributed by atoms with Gasteiger partial charge in [-0.15, -0.1) is 0 Å². The molecule has 0 atom stereocenters. The molecule has 0 saturated heterocycles. The van der Waals surface area contributed by atoms with Crippen LogP contribution in [0.25, 0.3) is 0 Å². The van der Waals surface area contributed by atoms with Crippen molar-refractivity contribution in [2.45, 2.75) is 0 Å². The zero-order valence-corrected chi connectivity index (χ0v) is 11.4. The molecule has 9 nitrogen and oxygen atoms in total. The van der Waals surface area contributed by atoms with Crippen LogP contribution < -0.4 is 5.43 Å². The number of phenols is 6. The van der Waals surface area contributed by atoms with Crippen LogP contribution >= 0.6 is 0 Å². The van der Waals surface area contributed by atoms with E-state index in [2.05, 4.69) is 10.5 Å². The number of phenolic OH excluding ortho intramolecular Hbond substituents is 6. The highest BCUT2D eigenvalue weighted by atomic mass is 16.3. The zero-order chi connectivity index (χ0) is 17.1. The molecule has 0 bridgehead atoms. The van der Waals surface area contributed by atoms with E-state index in [1.54, 1.807) is 0 Å². The Bertz CT molecular complexity index is 779. The molecule has 0 aliphatic rings. The zero-order valence-electron chi connectivity index (χ0n) is 11.4. The van der Waals surface area contributed by atoms with Gasteiger partial charge in [-0.1, -0.05) is 0 Å². The largest absolute Gasteiger partial charge is 0.507 e. The normalized spacial score (nSPS) is 10.8. The number of rotatable bonds is 3. The van der Waals surface area contributed by atoms with Crippen molar-refractivity contribution < 1.29 is 35.4 Å². The summed E-state index contributed by atoms with van der Waals surface area (Å²) in [5.74, 6) is -4.30. The number of nitrogens with one attached hydrogen (secondary N) is 1. The molecule has 0 radical (unpaired) electrons. The topological polar surface area (TPSA) is 163 Å². The molecule has 2 aromatic rings. The standard InChI is InChI=1S/C14H12N2O7/c17-8-4-10(19)9(18)3-7(8)5-15-16-14(23)6-1-11(20)13(22)12(21)2-6/h1-5,17-22H,(H,16,23)/b15-5+. The van der Waals surface area contributed by atoms with Crippen molar-refractivity contribution in [1.82, 2.24) is 5.43 Å². The van der Waals surface area contributed by atoms with Crippen molar-refractivity contribution in [3.8, 4) is 34.5 Å². The highest BCUT2D eigenvalue weighted by Gasteiger charge is 2.13. The Labute approximate surface area is 129 Å². The van der Waals surface area contributed by atoms with Gasteiger partial charge in [0.05, 0.1) is 6.21 Å². The van der Waals surface area contributed by atoms with Crippen LogP contribution in [0.15, 0.2) is 29.4 Å². The number of hydrazone groups is 1. The summed E-state index contributed by atoms with van der Waals surface area (Å²) in [5, 5.41) is 59.3. The summed E-state index contributed by atoms with van der Waals surface area (Å²) < 4.78 is 0. The van der Waals surface area contributed by atoms with Crippen LogP contribution in [0, 0.1) is 0 Å². The van der Waals surface area contributed by atoms with E-state index in [1.807, 2.05) is 0 Å². The molecule has 0 aliphatic carbocycles. The maximum absolute atomic E-state index is 11.8. The lowest BCUT2D eigenvalue weighted by atomic mass is 10.2. The number of carbonyl (C=O) groups excluding carboxylic acids is 1. The number of aromatic hydroxyl groups is 6. The summed E-state index contributed by atoms with van der Waals surface area (Å²) in [5.41, 5.74) is 1.91. The molecule has 9 heteroatoms. The van der Waals surface area contributed by atoms with E-state index in [4.69, 9.17) is 5.11 Å². The van der Waals surface area contributed by atoms with E-state index in [0.29, 0.717) is 0 Å². The minimum absolute atomic E-state index is 0.0250. The van der Waals surface area contributed by atoms with Crippen molar-refractivity contribution in [1.29, 1.82) is 0 Å². The van der Waals surface area contributed by atoms with Gasteiger partial charge in [0.15, 0.2) is 28.7 Å². The third-order valence-corrected chi connectivity index (χ3v) is 2.83. The molecule has 23 heavy (non-hydrogen) atoms. The first-order valence-corrected chi connectivity index (χ1v) is 6.13. The van der Waals surface area contributed by atoms with Gasteiger partial charge in [0.2, 0.25) is 0 Å². The van der Waals surface area contributed by atoms with Gasteiger partial charge in [-0.25, -0.2) is 5.43 Å². The van der Waals surface area contributed by atoms with Gasteiger partial charge in [-0.05, 0) is 18.2 Å². The third kappa shape index (κ3) is 3.35. The van der Waals surface area contributed by atoms with Crippen LogP contribution in [0.4, 0.5) is 0 Å². The second-order valence-electron chi connectivity index (χ2n) is 4.46. The number of benzene rings is 2. The van der Waals surface area contributed by atoms with Crippen molar-refractivity contribution >= 4 is 12.1 Å². The van der Waals surface area contributed by atoms with Gasteiger partial charge >= 0.3 is 0 Å². The number of carbonyl (C=O) groups is 1.